The predicted octanol–water partition coefficient (Wildman–Crippen LogP) is 3.49. The van der Waals surface area contributed by atoms with Crippen LogP contribution in [0.3, 0.4) is 0 Å². The van der Waals surface area contributed by atoms with Crippen LogP contribution in [-0.2, 0) is 6.42 Å². The number of aryl methyl sites for hydroxylation is 2. The molecule has 1 aliphatic heterocycles. The molecule has 0 aromatic carbocycles. The van der Waals surface area contributed by atoms with Crippen molar-refractivity contribution in [2.75, 3.05) is 23.3 Å². The molecule has 2 aromatic rings. The molecule has 0 amide bonds. The summed E-state index contributed by atoms with van der Waals surface area (Å²) in [6.45, 7) is 6.32. The summed E-state index contributed by atoms with van der Waals surface area (Å²) in [4.78, 5) is 11.4. The van der Waals surface area contributed by atoms with E-state index in [1.54, 1.807) is 0 Å². The fourth-order valence-corrected chi connectivity index (χ4v) is 3.57. The van der Waals surface area contributed by atoms with Crippen molar-refractivity contribution in [1.29, 1.82) is 0 Å². The van der Waals surface area contributed by atoms with E-state index in [-0.39, 0.29) is 0 Å². The molecule has 0 spiro atoms. The predicted molar refractivity (Wildman–Crippen MR) is 89.3 cm³/mol. The van der Waals surface area contributed by atoms with Gasteiger partial charge in [-0.1, -0.05) is 6.92 Å². The number of hydrogen-bond acceptors (Lipinski definition) is 5. The van der Waals surface area contributed by atoms with E-state index in [9.17, 15) is 0 Å². The molecule has 0 bridgehead atoms. The molecule has 0 aliphatic carbocycles. The molecule has 112 valence electrons. The van der Waals surface area contributed by atoms with Gasteiger partial charge in [0, 0.05) is 30.9 Å². The number of nitrogens with zero attached hydrogens (tertiary/aromatic N) is 3. The van der Waals surface area contributed by atoms with E-state index in [1.807, 2.05) is 18.3 Å². The zero-order valence-corrected chi connectivity index (χ0v) is 13.5. The van der Waals surface area contributed by atoms with Crippen LogP contribution >= 0.6 is 11.3 Å². The van der Waals surface area contributed by atoms with Crippen LogP contribution in [0.1, 0.15) is 31.3 Å². The summed E-state index contributed by atoms with van der Waals surface area (Å²) in [6.07, 6.45) is 3.26. The maximum atomic E-state index is 4.51. The van der Waals surface area contributed by atoms with E-state index >= 15 is 0 Å². The average Bonchev–Trinajstić information content (AvgIpc) is 3.01. The molecule has 2 aromatic heterocycles. The fourth-order valence-electron chi connectivity index (χ4n) is 2.79. The highest BCUT2D eigenvalue weighted by Gasteiger charge is 2.20. The third-order valence-electron chi connectivity index (χ3n) is 3.92. The lowest BCUT2D eigenvalue weighted by molar-refractivity contribution is 0.527. The standard InChI is InChI=1S/C16H22N4S/c1-3-13-11-15(18-12(2)17-13)19-14-6-8-20(9-7-14)16-5-4-10-21-16/h4-5,10-11,14H,3,6-9H2,1-2H3,(H,17,18,19). The summed E-state index contributed by atoms with van der Waals surface area (Å²) in [5, 5.41) is 7.12. The Bertz CT molecular complexity index is 574. The third-order valence-corrected chi connectivity index (χ3v) is 4.85. The van der Waals surface area contributed by atoms with Crippen LogP contribution in [0.25, 0.3) is 0 Å². The zero-order valence-electron chi connectivity index (χ0n) is 12.7. The van der Waals surface area contributed by atoms with E-state index in [4.69, 9.17) is 0 Å². The summed E-state index contributed by atoms with van der Waals surface area (Å²) in [7, 11) is 0. The molecule has 5 heteroatoms. The van der Waals surface area contributed by atoms with Gasteiger partial charge in [-0.2, -0.15) is 0 Å². The lowest BCUT2D eigenvalue weighted by Gasteiger charge is -2.33. The lowest BCUT2D eigenvalue weighted by Crippen LogP contribution is -2.39. The van der Waals surface area contributed by atoms with Gasteiger partial charge in [0.1, 0.15) is 11.6 Å². The van der Waals surface area contributed by atoms with Crippen molar-refractivity contribution in [3.05, 3.63) is 35.1 Å². The molecule has 3 rings (SSSR count). The minimum absolute atomic E-state index is 0.514. The Hall–Kier alpha value is -1.62. The van der Waals surface area contributed by atoms with Gasteiger partial charge < -0.3 is 10.2 Å². The Labute approximate surface area is 130 Å². The van der Waals surface area contributed by atoms with E-state index in [0.717, 1.165) is 49.7 Å². The summed E-state index contributed by atoms with van der Waals surface area (Å²) in [5.41, 5.74) is 1.11. The molecule has 1 N–H and O–H groups in total. The van der Waals surface area contributed by atoms with Gasteiger partial charge in [-0.25, -0.2) is 9.97 Å². The third kappa shape index (κ3) is 3.53. The van der Waals surface area contributed by atoms with E-state index in [1.165, 1.54) is 5.00 Å². The van der Waals surface area contributed by atoms with Crippen molar-refractivity contribution in [3.63, 3.8) is 0 Å². The van der Waals surface area contributed by atoms with E-state index in [2.05, 4.69) is 50.7 Å². The zero-order chi connectivity index (χ0) is 14.7. The molecule has 4 nitrogen and oxygen atoms in total. The summed E-state index contributed by atoms with van der Waals surface area (Å²) in [6, 6.07) is 6.93. The van der Waals surface area contributed by atoms with Gasteiger partial charge in [0.15, 0.2) is 0 Å². The maximum absolute atomic E-state index is 4.51. The first-order valence-corrected chi connectivity index (χ1v) is 8.52. The van der Waals surface area contributed by atoms with Gasteiger partial charge >= 0.3 is 0 Å². The van der Waals surface area contributed by atoms with Crippen LogP contribution in [0.15, 0.2) is 23.6 Å². The quantitative estimate of drug-likeness (QED) is 0.938. The van der Waals surface area contributed by atoms with Gasteiger partial charge in [-0.3, -0.25) is 0 Å². The van der Waals surface area contributed by atoms with Gasteiger partial charge in [0.2, 0.25) is 0 Å². The molecule has 1 saturated heterocycles. The Morgan fingerprint density at radius 1 is 1.33 bits per heavy atom. The topological polar surface area (TPSA) is 41.0 Å². The summed E-state index contributed by atoms with van der Waals surface area (Å²) in [5.74, 6) is 1.83. The molecular formula is C16H22N4S. The van der Waals surface area contributed by atoms with Crippen molar-refractivity contribution in [1.82, 2.24) is 9.97 Å². The number of aromatic nitrogens is 2. The van der Waals surface area contributed by atoms with Crippen molar-refractivity contribution < 1.29 is 0 Å². The van der Waals surface area contributed by atoms with Crippen molar-refractivity contribution in [3.8, 4) is 0 Å². The molecular weight excluding hydrogens is 280 g/mol. The van der Waals surface area contributed by atoms with Crippen molar-refractivity contribution in [2.24, 2.45) is 0 Å². The monoisotopic (exact) mass is 302 g/mol. The second-order valence-corrected chi connectivity index (χ2v) is 6.43. The van der Waals surface area contributed by atoms with Crippen LogP contribution in [0.5, 0.6) is 0 Å². The van der Waals surface area contributed by atoms with Crippen molar-refractivity contribution >= 4 is 22.2 Å². The minimum atomic E-state index is 0.514. The highest BCUT2D eigenvalue weighted by atomic mass is 32.1. The van der Waals surface area contributed by atoms with Gasteiger partial charge in [-0.05, 0) is 43.7 Å². The molecule has 1 fully saturated rings. The van der Waals surface area contributed by atoms with Crippen molar-refractivity contribution in [2.45, 2.75) is 39.2 Å². The van der Waals surface area contributed by atoms with Crippen LogP contribution in [0, 0.1) is 6.92 Å². The van der Waals surface area contributed by atoms with Crippen LogP contribution in [-0.4, -0.2) is 29.1 Å². The molecule has 0 atom stereocenters. The number of hydrogen-bond donors (Lipinski definition) is 1. The first-order valence-electron chi connectivity index (χ1n) is 7.64. The van der Waals surface area contributed by atoms with Crippen LogP contribution in [0.4, 0.5) is 10.8 Å². The van der Waals surface area contributed by atoms with Gasteiger partial charge in [-0.15, -0.1) is 11.3 Å². The average molecular weight is 302 g/mol. The molecule has 0 unspecified atom stereocenters. The van der Waals surface area contributed by atoms with Gasteiger partial charge in [0.05, 0.1) is 5.00 Å². The molecule has 3 heterocycles. The van der Waals surface area contributed by atoms with Crippen LogP contribution < -0.4 is 10.2 Å². The Kier molecular flexibility index (Phi) is 4.39. The first-order chi connectivity index (χ1) is 10.2. The van der Waals surface area contributed by atoms with E-state index < -0.39 is 0 Å². The molecule has 0 radical (unpaired) electrons. The largest absolute Gasteiger partial charge is 0.367 e. The lowest BCUT2D eigenvalue weighted by atomic mass is 10.1. The number of anilines is 2. The normalized spacial score (nSPS) is 16.2. The molecule has 21 heavy (non-hydrogen) atoms. The first kappa shape index (κ1) is 14.3. The Balaban J connectivity index is 1.59. The number of thiophene rings is 1. The van der Waals surface area contributed by atoms with E-state index in [0.29, 0.717) is 6.04 Å². The number of nitrogens with one attached hydrogen (secondary N) is 1. The maximum Gasteiger partial charge on any atom is 0.130 e. The fraction of sp³-hybridized carbons (Fsp3) is 0.500. The van der Waals surface area contributed by atoms with Crippen LogP contribution in [0.2, 0.25) is 0 Å². The summed E-state index contributed by atoms with van der Waals surface area (Å²) < 4.78 is 0. The molecule has 0 saturated carbocycles. The van der Waals surface area contributed by atoms with Gasteiger partial charge in [0.25, 0.3) is 0 Å². The minimum Gasteiger partial charge on any atom is -0.367 e. The summed E-state index contributed by atoms with van der Waals surface area (Å²) >= 11 is 1.83. The highest BCUT2D eigenvalue weighted by Crippen LogP contribution is 2.25. The number of piperidine rings is 1. The Morgan fingerprint density at radius 2 is 2.14 bits per heavy atom. The Morgan fingerprint density at radius 3 is 2.81 bits per heavy atom. The second-order valence-electron chi connectivity index (χ2n) is 5.50. The smallest absolute Gasteiger partial charge is 0.130 e. The number of rotatable bonds is 4. The SMILES string of the molecule is CCc1cc(NC2CCN(c3cccs3)CC2)nc(C)n1. The molecule has 1 aliphatic rings. The highest BCUT2D eigenvalue weighted by molar-refractivity contribution is 7.14. The second kappa shape index (κ2) is 6.43.